The van der Waals surface area contributed by atoms with E-state index in [1.54, 1.807) is 0 Å². The Labute approximate surface area is 111 Å². The second kappa shape index (κ2) is 7.40. The van der Waals surface area contributed by atoms with Crippen molar-refractivity contribution in [3.05, 3.63) is 0 Å². The van der Waals surface area contributed by atoms with E-state index in [1.165, 1.54) is 4.90 Å². The fourth-order valence-electron chi connectivity index (χ4n) is 2.62. The maximum atomic E-state index is 12.5. The van der Waals surface area contributed by atoms with Gasteiger partial charge in [-0.3, -0.25) is 9.59 Å². The van der Waals surface area contributed by atoms with Crippen LogP contribution in [0.5, 0.6) is 0 Å². The predicted molar refractivity (Wildman–Crippen MR) is 66.0 cm³/mol. The average Bonchev–Trinajstić information content (AvgIpc) is 2.37. The molecule has 1 N–H and O–H groups in total. The first-order chi connectivity index (χ1) is 8.95. The van der Waals surface area contributed by atoms with Gasteiger partial charge >= 0.3 is 5.97 Å². The summed E-state index contributed by atoms with van der Waals surface area (Å²) in [6.45, 7) is 1.57. The Balaban J connectivity index is 2.64. The zero-order valence-electron chi connectivity index (χ0n) is 11.1. The molecule has 0 spiro atoms. The average molecular weight is 277 g/mol. The van der Waals surface area contributed by atoms with E-state index >= 15 is 0 Å². The van der Waals surface area contributed by atoms with Crippen LogP contribution in [0.25, 0.3) is 0 Å². The van der Waals surface area contributed by atoms with Crippen molar-refractivity contribution in [2.75, 3.05) is 13.1 Å². The Morgan fingerprint density at radius 3 is 2.47 bits per heavy atom. The lowest BCUT2D eigenvalue weighted by Crippen LogP contribution is -2.41. The van der Waals surface area contributed by atoms with Crippen LogP contribution in [0.3, 0.4) is 0 Å². The highest BCUT2D eigenvalue weighted by Gasteiger charge is 2.33. The van der Waals surface area contributed by atoms with Crippen LogP contribution < -0.4 is 0 Å². The first kappa shape index (κ1) is 15.9. The van der Waals surface area contributed by atoms with Crippen molar-refractivity contribution in [2.24, 2.45) is 11.8 Å². The number of carboxylic acids is 1. The van der Waals surface area contributed by atoms with Gasteiger partial charge < -0.3 is 10.0 Å². The topological polar surface area (TPSA) is 57.6 Å². The van der Waals surface area contributed by atoms with Gasteiger partial charge in [-0.1, -0.05) is 13.3 Å². The van der Waals surface area contributed by atoms with Gasteiger partial charge in [0.25, 0.3) is 6.43 Å². The highest BCUT2D eigenvalue weighted by Crippen LogP contribution is 2.30. The summed E-state index contributed by atoms with van der Waals surface area (Å²) in [6, 6.07) is 0. The maximum absolute atomic E-state index is 12.5. The SMILES string of the molecule is CCCN(CC(F)F)C(=O)C1CCCC(C(=O)O)C1. The van der Waals surface area contributed by atoms with Gasteiger partial charge in [-0.2, -0.15) is 0 Å². The Bertz CT molecular complexity index is 323. The first-order valence-corrected chi connectivity index (χ1v) is 6.75. The summed E-state index contributed by atoms with van der Waals surface area (Å²) in [5, 5.41) is 8.98. The summed E-state index contributed by atoms with van der Waals surface area (Å²) in [7, 11) is 0. The molecule has 1 aliphatic carbocycles. The predicted octanol–water partition coefficient (Wildman–Crippen LogP) is 2.38. The van der Waals surface area contributed by atoms with Crippen molar-refractivity contribution < 1.29 is 23.5 Å². The summed E-state index contributed by atoms with van der Waals surface area (Å²) < 4.78 is 24.9. The van der Waals surface area contributed by atoms with Gasteiger partial charge in [0.15, 0.2) is 0 Å². The Morgan fingerprint density at radius 2 is 1.95 bits per heavy atom. The van der Waals surface area contributed by atoms with E-state index in [2.05, 4.69) is 0 Å². The molecule has 1 aliphatic rings. The molecule has 0 aromatic heterocycles. The number of carbonyl (C=O) groups is 2. The summed E-state index contributed by atoms with van der Waals surface area (Å²) in [5.41, 5.74) is 0. The molecule has 1 rings (SSSR count). The number of carbonyl (C=O) groups excluding carboxylic acids is 1. The lowest BCUT2D eigenvalue weighted by molar-refractivity contribution is -0.146. The third-order valence-corrected chi connectivity index (χ3v) is 3.54. The largest absolute Gasteiger partial charge is 0.481 e. The fraction of sp³-hybridized carbons (Fsp3) is 0.846. The van der Waals surface area contributed by atoms with Gasteiger partial charge in [0, 0.05) is 12.5 Å². The number of rotatable bonds is 6. The van der Waals surface area contributed by atoms with E-state index in [9.17, 15) is 18.4 Å². The summed E-state index contributed by atoms with van der Waals surface area (Å²) in [6.07, 6.45) is 0.190. The number of halogens is 2. The van der Waals surface area contributed by atoms with Crippen LogP contribution in [0.15, 0.2) is 0 Å². The molecule has 4 nitrogen and oxygen atoms in total. The minimum atomic E-state index is -2.55. The van der Waals surface area contributed by atoms with Crippen LogP contribution in [-0.2, 0) is 9.59 Å². The van der Waals surface area contributed by atoms with Gasteiger partial charge in [0.05, 0.1) is 12.5 Å². The monoisotopic (exact) mass is 277 g/mol. The molecule has 0 bridgehead atoms. The summed E-state index contributed by atoms with van der Waals surface area (Å²) in [4.78, 5) is 24.3. The Kier molecular flexibility index (Phi) is 6.18. The number of hydrogen-bond donors (Lipinski definition) is 1. The zero-order chi connectivity index (χ0) is 14.4. The molecule has 19 heavy (non-hydrogen) atoms. The fourth-order valence-corrected chi connectivity index (χ4v) is 2.62. The van der Waals surface area contributed by atoms with Crippen LogP contribution in [0, 0.1) is 11.8 Å². The van der Waals surface area contributed by atoms with Crippen LogP contribution in [0.4, 0.5) is 8.78 Å². The van der Waals surface area contributed by atoms with Crippen LogP contribution in [-0.4, -0.2) is 41.4 Å². The molecule has 0 radical (unpaired) electrons. The zero-order valence-corrected chi connectivity index (χ0v) is 11.1. The standard InChI is InChI=1S/C13H21F2NO3/c1-2-6-16(8-11(14)15)12(17)9-4-3-5-10(7-9)13(18)19/h9-11H,2-8H2,1H3,(H,18,19). The van der Waals surface area contributed by atoms with Gasteiger partial charge in [-0.15, -0.1) is 0 Å². The molecular weight excluding hydrogens is 256 g/mol. The number of carboxylic acid groups (broad SMARTS) is 1. The second-order valence-electron chi connectivity index (χ2n) is 5.07. The van der Waals surface area contributed by atoms with E-state index in [0.717, 1.165) is 0 Å². The molecule has 0 aromatic rings. The van der Waals surface area contributed by atoms with E-state index in [4.69, 9.17) is 5.11 Å². The molecule has 1 saturated carbocycles. The molecule has 0 aliphatic heterocycles. The lowest BCUT2D eigenvalue weighted by atomic mass is 9.80. The van der Waals surface area contributed by atoms with E-state index < -0.39 is 30.8 Å². The van der Waals surface area contributed by atoms with Gasteiger partial charge in [-0.05, 0) is 25.7 Å². The third kappa shape index (κ3) is 4.76. The highest BCUT2D eigenvalue weighted by atomic mass is 19.3. The van der Waals surface area contributed by atoms with Crippen LogP contribution >= 0.6 is 0 Å². The number of aliphatic carboxylic acids is 1. The maximum Gasteiger partial charge on any atom is 0.306 e. The van der Waals surface area contributed by atoms with E-state index in [-0.39, 0.29) is 12.3 Å². The van der Waals surface area contributed by atoms with Crippen molar-refractivity contribution in [3.63, 3.8) is 0 Å². The lowest BCUT2D eigenvalue weighted by Gasteiger charge is -2.31. The normalized spacial score (nSPS) is 23.4. The van der Waals surface area contributed by atoms with Crippen molar-refractivity contribution >= 4 is 11.9 Å². The van der Waals surface area contributed by atoms with Gasteiger partial charge in [0.2, 0.25) is 5.91 Å². The molecule has 110 valence electrons. The van der Waals surface area contributed by atoms with Crippen molar-refractivity contribution in [1.29, 1.82) is 0 Å². The van der Waals surface area contributed by atoms with Crippen molar-refractivity contribution in [2.45, 2.75) is 45.5 Å². The van der Waals surface area contributed by atoms with E-state index in [0.29, 0.717) is 32.2 Å². The summed E-state index contributed by atoms with van der Waals surface area (Å²) in [5.74, 6) is -2.14. The Morgan fingerprint density at radius 1 is 1.32 bits per heavy atom. The molecule has 0 saturated heterocycles. The minimum absolute atomic E-state index is 0.275. The third-order valence-electron chi connectivity index (χ3n) is 3.54. The second-order valence-corrected chi connectivity index (χ2v) is 5.07. The molecule has 2 unspecified atom stereocenters. The Hall–Kier alpha value is -1.20. The highest BCUT2D eigenvalue weighted by molar-refractivity contribution is 5.80. The molecule has 6 heteroatoms. The molecule has 2 atom stereocenters. The number of hydrogen-bond acceptors (Lipinski definition) is 2. The molecule has 0 aromatic carbocycles. The number of nitrogens with zero attached hydrogens (tertiary/aromatic N) is 1. The van der Waals surface area contributed by atoms with Gasteiger partial charge in [-0.25, -0.2) is 8.78 Å². The number of amides is 1. The van der Waals surface area contributed by atoms with Crippen molar-refractivity contribution in [3.8, 4) is 0 Å². The molecule has 0 heterocycles. The summed E-state index contributed by atoms with van der Waals surface area (Å²) >= 11 is 0. The van der Waals surface area contributed by atoms with E-state index in [1.807, 2.05) is 6.92 Å². The molecule has 1 amide bonds. The van der Waals surface area contributed by atoms with Crippen LogP contribution in [0.2, 0.25) is 0 Å². The minimum Gasteiger partial charge on any atom is -0.481 e. The molecule has 1 fully saturated rings. The van der Waals surface area contributed by atoms with Gasteiger partial charge in [0.1, 0.15) is 0 Å². The quantitative estimate of drug-likeness (QED) is 0.811. The van der Waals surface area contributed by atoms with Crippen LogP contribution in [0.1, 0.15) is 39.0 Å². The van der Waals surface area contributed by atoms with Crippen molar-refractivity contribution in [1.82, 2.24) is 4.90 Å². The number of alkyl halides is 2. The molecular formula is C13H21F2NO3. The smallest absolute Gasteiger partial charge is 0.306 e. The first-order valence-electron chi connectivity index (χ1n) is 6.75.